The number of nitrogens with one attached hydrogen (secondary N) is 2. The van der Waals surface area contributed by atoms with Gasteiger partial charge in [-0.3, -0.25) is 4.79 Å². The zero-order valence-electron chi connectivity index (χ0n) is 10.4. The van der Waals surface area contributed by atoms with Gasteiger partial charge in [0.25, 0.3) is 10.2 Å². The first-order valence-corrected chi connectivity index (χ1v) is 7.92. The van der Waals surface area contributed by atoms with Crippen LogP contribution in [0.3, 0.4) is 0 Å². The average Bonchev–Trinajstić information content (AvgIpc) is 2.86. The Bertz CT molecular complexity index is 423. The third kappa shape index (κ3) is 2.67. The highest BCUT2D eigenvalue weighted by Gasteiger charge is 2.52. The van der Waals surface area contributed by atoms with Gasteiger partial charge in [-0.05, 0) is 37.5 Å². The van der Waals surface area contributed by atoms with Gasteiger partial charge in [0.15, 0.2) is 0 Å². The van der Waals surface area contributed by atoms with Crippen LogP contribution in [0, 0.1) is 17.8 Å². The van der Waals surface area contributed by atoms with Crippen LogP contribution in [0.4, 0.5) is 0 Å². The number of carbonyl (C=O) groups is 1. The Morgan fingerprint density at radius 3 is 2.61 bits per heavy atom. The lowest BCUT2D eigenvalue weighted by Crippen LogP contribution is -2.50. The van der Waals surface area contributed by atoms with Gasteiger partial charge in [-0.2, -0.15) is 13.1 Å². The molecule has 2 rings (SSSR count). The van der Waals surface area contributed by atoms with Gasteiger partial charge in [-0.25, -0.2) is 4.72 Å². The Balaban J connectivity index is 2.06. The van der Waals surface area contributed by atoms with Crippen molar-refractivity contribution >= 4 is 16.2 Å². The fraction of sp³-hybridized carbons (Fsp3) is 0.909. The fourth-order valence-electron chi connectivity index (χ4n) is 3.27. The van der Waals surface area contributed by atoms with E-state index in [0.717, 1.165) is 19.3 Å². The van der Waals surface area contributed by atoms with Crippen molar-refractivity contribution in [1.82, 2.24) is 9.44 Å². The average molecular weight is 276 g/mol. The molecule has 2 aliphatic carbocycles. The molecule has 0 amide bonds. The zero-order valence-corrected chi connectivity index (χ0v) is 11.2. The smallest absolute Gasteiger partial charge is 0.308 e. The third-order valence-corrected chi connectivity index (χ3v) is 5.20. The topological polar surface area (TPSA) is 95.5 Å². The van der Waals surface area contributed by atoms with E-state index in [4.69, 9.17) is 0 Å². The minimum absolute atomic E-state index is 0.131. The van der Waals surface area contributed by atoms with Crippen LogP contribution >= 0.6 is 0 Å². The second-order valence-electron chi connectivity index (χ2n) is 5.24. The maximum absolute atomic E-state index is 11.8. The van der Waals surface area contributed by atoms with E-state index >= 15 is 0 Å². The molecular weight excluding hydrogens is 256 g/mol. The lowest BCUT2D eigenvalue weighted by Gasteiger charge is -2.28. The molecule has 0 heterocycles. The van der Waals surface area contributed by atoms with E-state index in [1.54, 1.807) is 0 Å². The molecule has 104 valence electrons. The monoisotopic (exact) mass is 276 g/mol. The van der Waals surface area contributed by atoms with Crippen molar-refractivity contribution in [3.8, 4) is 0 Å². The highest BCUT2D eigenvalue weighted by Crippen LogP contribution is 2.48. The van der Waals surface area contributed by atoms with Crippen molar-refractivity contribution in [2.24, 2.45) is 17.8 Å². The molecule has 0 aromatic carbocycles. The zero-order chi connectivity index (χ0) is 13.3. The van der Waals surface area contributed by atoms with Gasteiger partial charge in [-0.15, -0.1) is 0 Å². The predicted octanol–water partition coefficient (Wildman–Crippen LogP) is 0.320. The van der Waals surface area contributed by atoms with E-state index in [1.807, 2.05) is 6.92 Å². The molecule has 4 atom stereocenters. The van der Waals surface area contributed by atoms with Crippen LogP contribution in [-0.4, -0.2) is 32.1 Å². The number of hydrogen-bond acceptors (Lipinski definition) is 3. The SMILES string of the molecule is CCCNS(=O)(=O)NC1C2CCC(C2)C1C(=O)O. The fourth-order valence-corrected chi connectivity index (χ4v) is 4.53. The van der Waals surface area contributed by atoms with Crippen LogP contribution in [0.5, 0.6) is 0 Å². The standard InChI is InChI=1S/C11H20N2O4S/c1-2-5-12-18(16,17)13-10-8-4-3-7(6-8)9(10)11(14)15/h7-10,12-13H,2-6H2,1H3,(H,14,15). The molecule has 0 aliphatic heterocycles. The largest absolute Gasteiger partial charge is 0.481 e. The number of carboxylic acid groups (broad SMARTS) is 1. The molecule has 3 N–H and O–H groups in total. The molecule has 2 aliphatic rings. The van der Waals surface area contributed by atoms with Crippen LogP contribution in [-0.2, 0) is 15.0 Å². The third-order valence-electron chi connectivity index (χ3n) is 4.03. The number of rotatable bonds is 6. The van der Waals surface area contributed by atoms with Crippen LogP contribution in [0.1, 0.15) is 32.6 Å². The highest BCUT2D eigenvalue weighted by atomic mass is 32.2. The van der Waals surface area contributed by atoms with E-state index in [2.05, 4.69) is 9.44 Å². The molecule has 2 saturated carbocycles. The molecular formula is C11H20N2O4S. The van der Waals surface area contributed by atoms with E-state index in [-0.39, 0.29) is 11.8 Å². The summed E-state index contributed by atoms with van der Waals surface area (Å²) in [5.74, 6) is -1.15. The molecule has 2 bridgehead atoms. The summed E-state index contributed by atoms with van der Waals surface area (Å²) in [6.45, 7) is 2.24. The van der Waals surface area contributed by atoms with Crippen LogP contribution < -0.4 is 9.44 Å². The first kappa shape index (κ1) is 13.8. The Morgan fingerprint density at radius 1 is 1.33 bits per heavy atom. The molecule has 7 heteroatoms. The summed E-state index contributed by atoms with van der Waals surface area (Å²) >= 11 is 0. The van der Waals surface area contributed by atoms with Crippen molar-refractivity contribution in [2.75, 3.05) is 6.54 Å². The van der Waals surface area contributed by atoms with E-state index < -0.39 is 28.1 Å². The summed E-state index contributed by atoms with van der Waals surface area (Å²) < 4.78 is 28.5. The number of fused-ring (bicyclic) bond motifs is 2. The van der Waals surface area contributed by atoms with Gasteiger partial charge >= 0.3 is 5.97 Å². The summed E-state index contributed by atoms with van der Waals surface area (Å²) in [5.41, 5.74) is 0. The van der Waals surface area contributed by atoms with Crippen molar-refractivity contribution in [2.45, 2.75) is 38.6 Å². The van der Waals surface area contributed by atoms with E-state index in [0.29, 0.717) is 13.0 Å². The first-order valence-electron chi connectivity index (χ1n) is 6.44. The second-order valence-corrected chi connectivity index (χ2v) is 6.77. The Kier molecular flexibility index (Phi) is 3.93. The van der Waals surface area contributed by atoms with Crippen LogP contribution in [0.15, 0.2) is 0 Å². The van der Waals surface area contributed by atoms with Gasteiger partial charge in [0.1, 0.15) is 0 Å². The van der Waals surface area contributed by atoms with Crippen molar-refractivity contribution in [3.05, 3.63) is 0 Å². The molecule has 2 fully saturated rings. The van der Waals surface area contributed by atoms with Gasteiger partial charge in [-0.1, -0.05) is 6.92 Å². The first-order chi connectivity index (χ1) is 8.44. The van der Waals surface area contributed by atoms with Crippen molar-refractivity contribution in [1.29, 1.82) is 0 Å². The Labute approximate surface area is 107 Å². The number of carboxylic acids is 1. The summed E-state index contributed by atoms with van der Waals surface area (Å²) in [5, 5.41) is 9.22. The molecule has 0 aromatic rings. The van der Waals surface area contributed by atoms with Gasteiger partial charge in [0.05, 0.1) is 5.92 Å². The van der Waals surface area contributed by atoms with Crippen molar-refractivity contribution in [3.63, 3.8) is 0 Å². The quantitative estimate of drug-likeness (QED) is 0.651. The molecule has 18 heavy (non-hydrogen) atoms. The van der Waals surface area contributed by atoms with E-state index in [9.17, 15) is 18.3 Å². The normalized spacial score (nSPS) is 34.9. The molecule has 0 radical (unpaired) electrons. The molecule has 4 unspecified atom stereocenters. The van der Waals surface area contributed by atoms with Crippen LogP contribution in [0.25, 0.3) is 0 Å². The minimum atomic E-state index is -3.58. The molecule has 0 spiro atoms. The maximum Gasteiger partial charge on any atom is 0.308 e. The lowest BCUT2D eigenvalue weighted by atomic mass is 9.85. The Hall–Kier alpha value is -0.660. The summed E-state index contributed by atoms with van der Waals surface area (Å²) in [4.78, 5) is 11.2. The molecule has 0 aromatic heterocycles. The lowest BCUT2D eigenvalue weighted by molar-refractivity contribution is -0.144. The molecule has 0 saturated heterocycles. The number of aliphatic carboxylic acids is 1. The van der Waals surface area contributed by atoms with Crippen molar-refractivity contribution < 1.29 is 18.3 Å². The minimum Gasteiger partial charge on any atom is -0.481 e. The Morgan fingerprint density at radius 2 is 2.00 bits per heavy atom. The molecule has 6 nitrogen and oxygen atoms in total. The van der Waals surface area contributed by atoms with Gasteiger partial charge < -0.3 is 5.11 Å². The van der Waals surface area contributed by atoms with E-state index in [1.165, 1.54) is 0 Å². The van der Waals surface area contributed by atoms with Gasteiger partial charge in [0.2, 0.25) is 0 Å². The van der Waals surface area contributed by atoms with Crippen LogP contribution in [0.2, 0.25) is 0 Å². The summed E-state index contributed by atoms with van der Waals surface area (Å²) in [7, 11) is -3.58. The summed E-state index contributed by atoms with van der Waals surface area (Å²) in [6, 6.07) is -0.449. The second kappa shape index (κ2) is 5.14. The predicted molar refractivity (Wildman–Crippen MR) is 66.1 cm³/mol. The number of hydrogen-bond donors (Lipinski definition) is 3. The highest BCUT2D eigenvalue weighted by molar-refractivity contribution is 7.87. The summed E-state index contributed by atoms with van der Waals surface area (Å²) in [6.07, 6.45) is 3.37. The van der Waals surface area contributed by atoms with Gasteiger partial charge in [0, 0.05) is 12.6 Å². The maximum atomic E-state index is 11.8.